The van der Waals surface area contributed by atoms with Crippen LogP contribution in [-0.4, -0.2) is 62.3 Å². The fourth-order valence-electron chi connectivity index (χ4n) is 5.54. The summed E-state index contributed by atoms with van der Waals surface area (Å²) in [7, 11) is -2.20. The number of nitrogens with one attached hydrogen (secondary N) is 1. The van der Waals surface area contributed by atoms with Crippen molar-refractivity contribution in [3.8, 4) is 11.5 Å². The van der Waals surface area contributed by atoms with Gasteiger partial charge >= 0.3 is 0 Å². The lowest BCUT2D eigenvalue weighted by atomic mass is 9.92. The van der Waals surface area contributed by atoms with Crippen LogP contribution in [0.1, 0.15) is 35.2 Å². The molecule has 220 valence electrons. The zero-order chi connectivity index (χ0) is 29.4. The number of carbonyl (C=O) groups excluding carboxylic acids is 2. The van der Waals surface area contributed by atoms with Gasteiger partial charge in [-0.15, -0.1) is 0 Å². The Bertz CT molecular complexity index is 1590. The van der Waals surface area contributed by atoms with Gasteiger partial charge in [0.05, 0.1) is 29.8 Å². The zero-order valence-corrected chi connectivity index (χ0v) is 24.7. The molecule has 42 heavy (non-hydrogen) atoms. The summed E-state index contributed by atoms with van der Waals surface area (Å²) in [5, 5.41) is 3.41. The molecule has 11 heteroatoms. The fraction of sp³-hybridized carbons (Fsp3) is 0.355. The molecule has 2 amide bonds. The van der Waals surface area contributed by atoms with E-state index < -0.39 is 16.1 Å². The highest BCUT2D eigenvalue weighted by molar-refractivity contribution is 7.89. The van der Waals surface area contributed by atoms with E-state index in [0.29, 0.717) is 35.8 Å². The summed E-state index contributed by atoms with van der Waals surface area (Å²) in [6, 6.07) is 18.8. The second-order valence-corrected chi connectivity index (χ2v) is 13.4. The summed E-state index contributed by atoms with van der Waals surface area (Å²) in [6.07, 6.45) is 1.61. The number of hydrogen-bond acceptors (Lipinski definition) is 6. The molecule has 1 saturated heterocycles. The summed E-state index contributed by atoms with van der Waals surface area (Å²) in [4.78, 5) is 28.7. The van der Waals surface area contributed by atoms with E-state index in [2.05, 4.69) is 5.32 Å². The van der Waals surface area contributed by atoms with Crippen molar-refractivity contribution in [2.75, 3.05) is 32.1 Å². The number of piperidine rings is 1. The minimum atomic E-state index is -3.81. The smallest absolute Gasteiger partial charge is 0.258 e. The molecule has 0 spiro atoms. The Balaban J connectivity index is 1.34. The first-order valence-corrected chi connectivity index (χ1v) is 15.8. The number of halogens is 1. The van der Waals surface area contributed by atoms with Crippen molar-refractivity contribution in [3.05, 3.63) is 82.9 Å². The first-order chi connectivity index (χ1) is 20.2. The van der Waals surface area contributed by atoms with E-state index in [-0.39, 0.29) is 47.4 Å². The number of amides is 2. The van der Waals surface area contributed by atoms with Gasteiger partial charge in [-0.2, -0.15) is 4.31 Å². The molecule has 0 unspecified atom stereocenters. The number of hydrogen-bond donors (Lipinski definition) is 1. The van der Waals surface area contributed by atoms with Gasteiger partial charge in [-0.3, -0.25) is 9.59 Å². The fourth-order valence-corrected chi connectivity index (χ4v) is 7.13. The molecular formula is C31H32ClN3O6S. The lowest BCUT2D eigenvalue weighted by Gasteiger charge is -2.42. The predicted molar refractivity (Wildman–Crippen MR) is 158 cm³/mol. The summed E-state index contributed by atoms with van der Waals surface area (Å²) in [5.41, 5.74) is 1.68. The average molecular weight is 610 g/mol. The van der Waals surface area contributed by atoms with Gasteiger partial charge in [0.25, 0.3) is 5.91 Å². The van der Waals surface area contributed by atoms with Gasteiger partial charge in [0.2, 0.25) is 15.9 Å². The van der Waals surface area contributed by atoms with Crippen LogP contribution in [0.3, 0.4) is 0 Å². The third kappa shape index (κ3) is 5.84. The molecule has 2 aliphatic heterocycles. The van der Waals surface area contributed by atoms with Gasteiger partial charge in [0.15, 0.2) is 5.75 Å². The molecule has 2 heterocycles. The van der Waals surface area contributed by atoms with Crippen LogP contribution in [0, 0.1) is 11.8 Å². The van der Waals surface area contributed by atoms with Gasteiger partial charge in [-0.25, -0.2) is 8.42 Å². The molecule has 6 rings (SSSR count). The topological polar surface area (TPSA) is 105 Å². The highest BCUT2D eigenvalue weighted by atomic mass is 35.5. The van der Waals surface area contributed by atoms with E-state index in [1.54, 1.807) is 42.3 Å². The summed E-state index contributed by atoms with van der Waals surface area (Å²) < 4.78 is 40.4. The minimum Gasteiger partial charge on any atom is -0.497 e. The van der Waals surface area contributed by atoms with Crippen molar-refractivity contribution >= 4 is 39.1 Å². The largest absolute Gasteiger partial charge is 0.497 e. The summed E-state index contributed by atoms with van der Waals surface area (Å²) >= 11 is 6.00. The number of ether oxygens (including phenoxy) is 2. The van der Waals surface area contributed by atoms with E-state index in [1.165, 1.54) is 16.4 Å². The van der Waals surface area contributed by atoms with Crippen molar-refractivity contribution in [2.45, 2.75) is 36.8 Å². The number of anilines is 1. The van der Waals surface area contributed by atoms with Crippen molar-refractivity contribution in [3.63, 3.8) is 0 Å². The maximum Gasteiger partial charge on any atom is 0.258 e. The monoisotopic (exact) mass is 609 g/mol. The SMILES string of the molecule is COc1ccc(CN2C[C@@H]3CCN(S(=O)(=O)c4ccc(Cl)cc4)C[C@@H]3Oc3c(NC(=O)C4CC4)cccc3C2=O)cc1. The van der Waals surface area contributed by atoms with Crippen molar-refractivity contribution in [2.24, 2.45) is 11.8 Å². The molecule has 0 aromatic heterocycles. The maximum absolute atomic E-state index is 14.0. The summed E-state index contributed by atoms with van der Waals surface area (Å²) in [5.74, 6) is 0.503. The quantitative estimate of drug-likeness (QED) is 0.412. The van der Waals surface area contributed by atoms with Crippen LogP contribution in [0.2, 0.25) is 5.02 Å². The third-order valence-corrected chi connectivity index (χ3v) is 10.2. The zero-order valence-electron chi connectivity index (χ0n) is 23.2. The van der Waals surface area contributed by atoms with Crippen LogP contribution in [0.15, 0.2) is 71.6 Å². The molecule has 3 aromatic rings. The Hall–Kier alpha value is -3.60. The second-order valence-electron chi connectivity index (χ2n) is 11.0. The first-order valence-electron chi connectivity index (χ1n) is 14.0. The van der Waals surface area contributed by atoms with Crippen LogP contribution in [0.5, 0.6) is 11.5 Å². The number of rotatable bonds is 7. The Morgan fingerprint density at radius 3 is 2.45 bits per heavy atom. The number of carbonyl (C=O) groups is 2. The third-order valence-electron chi connectivity index (χ3n) is 8.11. The highest BCUT2D eigenvalue weighted by Crippen LogP contribution is 2.39. The molecule has 1 N–H and O–H groups in total. The Labute approximate surface area is 250 Å². The van der Waals surface area contributed by atoms with Crippen LogP contribution in [-0.2, 0) is 21.4 Å². The predicted octanol–water partition coefficient (Wildman–Crippen LogP) is 4.81. The van der Waals surface area contributed by atoms with Gasteiger partial charge in [0, 0.05) is 36.5 Å². The van der Waals surface area contributed by atoms with Crippen molar-refractivity contribution in [1.29, 1.82) is 0 Å². The number of methoxy groups -OCH3 is 1. The Morgan fingerprint density at radius 1 is 1.02 bits per heavy atom. The van der Waals surface area contributed by atoms with E-state index in [4.69, 9.17) is 21.1 Å². The number of nitrogens with zero attached hydrogens (tertiary/aromatic N) is 2. The average Bonchev–Trinajstić information content (AvgIpc) is 3.84. The number of para-hydroxylation sites is 1. The van der Waals surface area contributed by atoms with E-state index in [9.17, 15) is 18.0 Å². The van der Waals surface area contributed by atoms with Crippen LogP contribution in [0.4, 0.5) is 5.69 Å². The molecule has 9 nitrogen and oxygen atoms in total. The molecule has 2 fully saturated rings. The Morgan fingerprint density at radius 2 is 1.76 bits per heavy atom. The normalized spacial score (nSPS) is 20.9. The number of sulfonamides is 1. The van der Waals surface area contributed by atoms with Crippen LogP contribution in [0.25, 0.3) is 0 Å². The first kappa shape index (κ1) is 28.5. The van der Waals surface area contributed by atoms with Crippen molar-refractivity contribution < 1.29 is 27.5 Å². The molecule has 2 atom stereocenters. The lowest BCUT2D eigenvalue weighted by Crippen LogP contribution is -2.53. The molecular weight excluding hydrogens is 578 g/mol. The molecule has 3 aromatic carbocycles. The number of fused-ring (bicyclic) bond motifs is 2. The van der Waals surface area contributed by atoms with Gasteiger partial charge in [0.1, 0.15) is 11.9 Å². The van der Waals surface area contributed by atoms with Crippen molar-refractivity contribution in [1.82, 2.24) is 9.21 Å². The number of benzene rings is 3. The van der Waals surface area contributed by atoms with Crippen LogP contribution < -0.4 is 14.8 Å². The van der Waals surface area contributed by atoms with E-state index in [1.807, 2.05) is 24.3 Å². The molecule has 1 saturated carbocycles. The maximum atomic E-state index is 14.0. The standard InChI is InChI=1S/C31H32ClN3O6S/c1-40-24-11-5-20(6-12-24)17-34-18-22-15-16-35(42(38,39)25-13-9-23(32)10-14-25)19-28(22)41-29-26(31(34)37)3-2-4-27(29)33-30(36)21-7-8-21/h2-6,9-14,21-22,28H,7-8,15-19H2,1H3,(H,33,36)/t22-,28-/m0/s1. The van der Waals surface area contributed by atoms with E-state index in [0.717, 1.165) is 24.2 Å². The van der Waals surface area contributed by atoms with Gasteiger partial charge < -0.3 is 19.7 Å². The molecule has 0 bridgehead atoms. The summed E-state index contributed by atoms with van der Waals surface area (Å²) in [6.45, 7) is 1.14. The Kier molecular flexibility index (Phi) is 7.87. The van der Waals surface area contributed by atoms with E-state index >= 15 is 0 Å². The van der Waals surface area contributed by atoms with Crippen LogP contribution >= 0.6 is 11.6 Å². The molecule has 1 aliphatic carbocycles. The van der Waals surface area contributed by atoms with Gasteiger partial charge in [-0.1, -0.05) is 29.8 Å². The molecule has 3 aliphatic rings. The second kappa shape index (κ2) is 11.6. The molecule has 0 radical (unpaired) electrons. The lowest BCUT2D eigenvalue weighted by molar-refractivity contribution is -0.117. The highest BCUT2D eigenvalue weighted by Gasteiger charge is 2.41. The van der Waals surface area contributed by atoms with Gasteiger partial charge in [-0.05, 0) is 73.4 Å². The minimum absolute atomic E-state index is 0.0425.